The number of aromatic hydroxyl groups is 1. The van der Waals surface area contributed by atoms with E-state index < -0.39 is 0 Å². The fraction of sp³-hybridized carbons (Fsp3) is 0.647. The van der Waals surface area contributed by atoms with E-state index in [1.165, 1.54) is 32.1 Å². The highest BCUT2D eigenvalue weighted by molar-refractivity contribution is 5.41. The van der Waals surface area contributed by atoms with E-state index >= 15 is 0 Å². The molecule has 3 heteroatoms. The van der Waals surface area contributed by atoms with Gasteiger partial charge >= 0.3 is 0 Å². The van der Waals surface area contributed by atoms with E-state index in [9.17, 15) is 5.11 Å². The van der Waals surface area contributed by atoms with Crippen LogP contribution in [-0.2, 0) is 6.54 Å². The molecule has 1 saturated carbocycles. The van der Waals surface area contributed by atoms with Crippen LogP contribution in [0.3, 0.4) is 0 Å². The molecule has 0 amide bonds. The summed E-state index contributed by atoms with van der Waals surface area (Å²) in [7, 11) is 0. The molecule has 1 aliphatic rings. The average Bonchev–Trinajstić information content (AvgIpc) is 2.92. The number of hydrogen-bond donors (Lipinski definition) is 2. The molecule has 112 valence electrons. The van der Waals surface area contributed by atoms with Crippen molar-refractivity contribution in [2.24, 2.45) is 5.41 Å². The lowest BCUT2D eigenvalue weighted by atomic mass is 9.83. The molecule has 0 aliphatic heterocycles. The molecule has 0 spiro atoms. The van der Waals surface area contributed by atoms with E-state index in [1.54, 1.807) is 6.07 Å². The van der Waals surface area contributed by atoms with Crippen LogP contribution in [0.5, 0.6) is 11.5 Å². The summed E-state index contributed by atoms with van der Waals surface area (Å²) in [5.74, 6) is 0.800. The summed E-state index contributed by atoms with van der Waals surface area (Å²) < 4.78 is 5.42. The molecular weight excluding hydrogens is 250 g/mol. The summed E-state index contributed by atoms with van der Waals surface area (Å²) in [6, 6.07) is 5.60. The molecule has 20 heavy (non-hydrogen) atoms. The van der Waals surface area contributed by atoms with Gasteiger partial charge in [0.05, 0.1) is 6.61 Å². The quantitative estimate of drug-likeness (QED) is 0.795. The maximum Gasteiger partial charge on any atom is 0.161 e. The molecule has 0 atom stereocenters. The Balaban J connectivity index is 1.89. The lowest BCUT2D eigenvalue weighted by Crippen LogP contribution is -2.31. The number of ether oxygens (including phenoxy) is 1. The normalized spacial score (nSPS) is 17.3. The van der Waals surface area contributed by atoms with Crippen molar-refractivity contribution in [3.8, 4) is 11.5 Å². The number of benzene rings is 1. The summed E-state index contributed by atoms with van der Waals surface area (Å²) in [6.07, 6.45) is 6.73. The van der Waals surface area contributed by atoms with E-state index in [1.807, 2.05) is 19.1 Å². The van der Waals surface area contributed by atoms with E-state index in [0.29, 0.717) is 17.8 Å². The van der Waals surface area contributed by atoms with Crippen molar-refractivity contribution in [1.82, 2.24) is 5.32 Å². The van der Waals surface area contributed by atoms with E-state index in [4.69, 9.17) is 4.74 Å². The van der Waals surface area contributed by atoms with Gasteiger partial charge in [-0.15, -0.1) is 0 Å². The first-order chi connectivity index (χ1) is 9.69. The smallest absolute Gasteiger partial charge is 0.161 e. The molecule has 3 nitrogen and oxygen atoms in total. The predicted octanol–water partition coefficient (Wildman–Crippen LogP) is 3.85. The van der Waals surface area contributed by atoms with Crippen molar-refractivity contribution < 1.29 is 9.84 Å². The number of hydrogen-bond acceptors (Lipinski definition) is 3. The monoisotopic (exact) mass is 277 g/mol. The molecule has 1 aliphatic carbocycles. The van der Waals surface area contributed by atoms with Crippen LogP contribution in [0.2, 0.25) is 0 Å². The fourth-order valence-electron chi connectivity index (χ4n) is 3.19. The van der Waals surface area contributed by atoms with Crippen LogP contribution in [0.4, 0.5) is 0 Å². The second-order valence-electron chi connectivity index (χ2n) is 5.90. The van der Waals surface area contributed by atoms with Crippen molar-refractivity contribution in [1.29, 1.82) is 0 Å². The standard InChI is InChI=1S/C17H27NO2/c1-3-17(9-5-6-10-17)13-18-12-14-7-8-15(19)16(11-14)20-4-2/h7-8,11,18-19H,3-6,9-10,12-13H2,1-2H3. The first-order valence-electron chi connectivity index (χ1n) is 7.84. The van der Waals surface area contributed by atoms with E-state index in [2.05, 4.69) is 12.2 Å². The van der Waals surface area contributed by atoms with Gasteiger partial charge in [-0.1, -0.05) is 25.8 Å². The van der Waals surface area contributed by atoms with E-state index in [-0.39, 0.29) is 5.75 Å². The van der Waals surface area contributed by atoms with Gasteiger partial charge in [0.1, 0.15) is 0 Å². The SMILES string of the molecule is CCOc1cc(CNCC2(CC)CCCC2)ccc1O. The highest BCUT2D eigenvalue weighted by Gasteiger charge is 2.31. The Morgan fingerprint density at radius 2 is 2.00 bits per heavy atom. The van der Waals surface area contributed by atoms with Crippen LogP contribution in [0.25, 0.3) is 0 Å². The molecule has 1 aromatic rings. The Bertz CT molecular complexity index is 425. The van der Waals surface area contributed by atoms with Crippen molar-refractivity contribution in [3.63, 3.8) is 0 Å². The molecule has 1 aromatic carbocycles. The highest BCUT2D eigenvalue weighted by Crippen LogP contribution is 2.40. The summed E-state index contributed by atoms with van der Waals surface area (Å²) in [5.41, 5.74) is 1.68. The van der Waals surface area contributed by atoms with Gasteiger partial charge in [0, 0.05) is 13.1 Å². The van der Waals surface area contributed by atoms with Gasteiger partial charge in [-0.05, 0) is 49.3 Å². The minimum atomic E-state index is 0.219. The van der Waals surface area contributed by atoms with Crippen LogP contribution in [0, 0.1) is 5.41 Å². The molecule has 0 aromatic heterocycles. The fourth-order valence-corrected chi connectivity index (χ4v) is 3.19. The Kier molecular flexibility index (Phi) is 5.30. The van der Waals surface area contributed by atoms with Gasteiger partial charge in [0.15, 0.2) is 11.5 Å². The van der Waals surface area contributed by atoms with Crippen molar-refractivity contribution >= 4 is 0 Å². The third-order valence-corrected chi connectivity index (χ3v) is 4.57. The maximum atomic E-state index is 9.70. The largest absolute Gasteiger partial charge is 0.504 e. The molecule has 2 N–H and O–H groups in total. The number of rotatable bonds is 7. The molecule has 0 heterocycles. The number of phenolic OH excluding ortho intramolecular Hbond substituents is 1. The van der Waals surface area contributed by atoms with Gasteiger partial charge in [-0.25, -0.2) is 0 Å². The Morgan fingerprint density at radius 3 is 2.65 bits per heavy atom. The lowest BCUT2D eigenvalue weighted by Gasteiger charge is -2.27. The van der Waals surface area contributed by atoms with Gasteiger partial charge < -0.3 is 15.2 Å². The number of phenols is 1. The summed E-state index contributed by atoms with van der Waals surface area (Å²) >= 11 is 0. The van der Waals surface area contributed by atoms with Crippen LogP contribution in [0.15, 0.2) is 18.2 Å². The average molecular weight is 277 g/mol. The molecule has 0 saturated heterocycles. The molecular formula is C17H27NO2. The third-order valence-electron chi connectivity index (χ3n) is 4.57. The molecule has 2 rings (SSSR count). The summed E-state index contributed by atoms with van der Waals surface area (Å²) in [4.78, 5) is 0. The second-order valence-corrected chi connectivity index (χ2v) is 5.90. The second kappa shape index (κ2) is 6.98. The van der Waals surface area contributed by atoms with Crippen molar-refractivity contribution in [2.75, 3.05) is 13.2 Å². The Hall–Kier alpha value is -1.22. The van der Waals surface area contributed by atoms with Crippen molar-refractivity contribution in [2.45, 2.75) is 52.5 Å². The van der Waals surface area contributed by atoms with Gasteiger partial charge in [-0.3, -0.25) is 0 Å². The topological polar surface area (TPSA) is 41.5 Å². The Morgan fingerprint density at radius 1 is 1.25 bits per heavy atom. The first-order valence-corrected chi connectivity index (χ1v) is 7.84. The number of nitrogens with one attached hydrogen (secondary N) is 1. The molecule has 0 unspecified atom stereocenters. The highest BCUT2D eigenvalue weighted by atomic mass is 16.5. The zero-order chi connectivity index (χ0) is 14.4. The first kappa shape index (κ1) is 15.2. The zero-order valence-corrected chi connectivity index (χ0v) is 12.7. The molecule has 0 radical (unpaired) electrons. The maximum absolute atomic E-state index is 9.70. The minimum Gasteiger partial charge on any atom is -0.504 e. The molecule has 0 bridgehead atoms. The van der Waals surface area contributed by atoms with Crippen LogP contribution >= 0.6 is 0 Å². The van der Waals surface area contributed by atoms with Gasteiger partial charge in [0.2, 0.25) is 0 Å². The summed E-state index contributed by atoms with van der Waals surface area (Å²) in [5, 5.41) is 13.3. The van der Waals surface area contributed by atoms with Crippen LogP contribution in [0.1, 0.15) is 51.5 Å². The molecule has 1 fully saturated rings. The Labute approximate surface area is 122 Å². The van der Waals surface area contributed by atoms with Gasteiger partial charge in [-0.2, -0.15) is 0 Å². The van der Waals surface area contributed by atoms with Crippen LogP contribution in [-0.4, -0.2) is 18.3 Å². The lowest BCUT2D eigenvalue weighted by molar-refractivity contribution is 0.268. The summed E-state index contributed by atoms with van der Waals surface area (Å²) in [6.45, 7) is 6.73. The van der Waals surface area contributed by atoms with Crippen LogP contribution < -0.4 is 10.1 Å². The zero-order valence-electron chi connectivity index (χ0n) is 12.7. The van der Waals surface area contributed by atoms with E-state index in [0.717, 1.165) is 18.7 Å². The van der Waals surface area contributed by atoms with Crippen molar-refractivity contribution in [3.05, 3.63) is 23.8 Å². The predicted molar refractivity (Wildman–Crippen MR) is 82.2 cm³/mol. The third kappa shape index (κ3) is 3.66. The van der Waals surface area contributed by atoms with Gasteiger partial charge in [0.25, 0.3) is 0 Å². The minimum absolute atomic E-state index is 0.219.